The van der Waals surface area contributed by atoms with Gasteiger partial charge in [0.2, 0.25) is 0 Å². The van der Waals surface area contributed by atoms with Gasteiger partial charge < -0.3 is 14.2 Å². The molecule has 0 unspecified atom stereocenters. The first kappa shape index (κ1) is 20.5. The maximum Gasteiger partial charge on any atom is 0.0998 e. The third kappa shape index (κ3) is 4.21. The lowest BCUT2D eigenvalue weighted by atomic mass is 10.0. The fourth-order valence-corrected chi connectivity index (χ4v) is 4.36. The molecule has 4 rings (SSSR count). The van der Waals surface area contributed by atoms with Crippen LogP contribution in [0.5, 0.6) is 0 Å². The van der Waals surface area contributed by atoms with Crippen molar-refractivity contribution in [1.82, 2.24) is 4.57 Å². The van der Waals surface area contributed by atoms with E-state index < -0.39 is 0 Å². The summed E-state index contributed by atoms with van der Waals surface area (Å²) in [4.78, 5) is 2.36. The third-order valence-electron chi connectivity index (χ3n) is 5.51. The van der Waals surface area contributed by atoms with Crippen LogP contribution in [0.25, 0.3) is 17.3 Å². The smallest absolute Gasteiger partial charge is 0.0998 e. The van der Waals surface area contributed by atoms with Gasteiger partial charge in [-0.25, -0.2) is 0 Å². The Morgan fingerprint density at radius 1 is 1.03 bits per heavy atom. The van der Waals surface area contributed by atoms with E-state index in [-0.39, 0.29) is 0 Å². The number of allylic oxidation sites excluding steroid dienone is 1. The number of halogens is 1. The molecule has 0 radical (unpaired) electrons. The van der Waals surface area contributed by atoms with E-state index in [2.05, 4.69) is 75.6 Å². The number of morpholine rings is 1. The van der Waals surface area contributed by atoms with Crippen molar-refractivity contribution in [3.63, 3.8) is 0 Å². The number of hydrogen-bond donors (Lipinski definition) is 0. The molecule has 3 aromatic rings. The standard InChI is InChI=1S/C25H24BrN3O/c1-18-14-21(15-22(17-27)20-4-3-5-23(26)16-20)19(2)29(18)25-8-6-24(7-9-25)28-10-12-30-13-11-28/h3-9,14-16H,10-13H2,1-2H3/b22-15-. The maximum absolute atomic E-state index is 9.72. The van der Waals surface area contributed by atoms with Gasteiger partial charge in [0.15, 0.2) is 0 Å². The molecule has 1 fully saturated rings. The van der Waals surface area contributed by atoms with Gasteiger partial charge in [-0.15, -0.1) is 0 Å². The Balaban J connectivity index is 1.66. The topological polar surface area (TPSA) is 41.2 Å². The van der Waals surface area contributed by atoms with E-state index in [0.717, 1.165) is 59.0 Å². The summed E-state index contributed by atoms with van der Waals surface area (Å²) in [6.45, 7) is 7.64. The number of rotatable bonds is 4. The predicted octanol–water partition coefficient (Wildman–Crippen LogP) is 5.76. The van der Waals surface area contributed by atoms with Crippen LogP contribution < -0.4 is 4.90 Å². The van der Waals surface area contributed by atoms with Crippen molar-refractivity contribution in [2.24, 2.45) is 0 Å². The van der Waals surface area contributed by atoms with Crippen LogP contribution in [-0.2, 0) is 4.74 Å². The highest BCUT2D eigenvalue weighted by Crippen LogP contribution is 2.27. The Morgan fingerprint density at radius 2 is 1.73 bits per heavy atom. The molecule has 1 aromatic heterocycles. The molecule has 152 valence electrons. The van der Waals surface area contributed by atoms with Crippen molar-refractivity contribution in [3.8, 4) is 11.8 Å². The number of hydrogen-bond acceptors (Lipinski definition) is 3. The van der Waals surface area contributed by atoms with Gasteiger partial charge in [0.1, 0.15) is 0 Å². The summed E-state index contributed by atoms with van der Waals surface area (Å²) in [5, 5.41) is 9.72. The van der Waals surface area contributed by atoms with Crippen LogP contribution in [-0.4, -0.2) is 30.9 Å². The number of benzene rings is 2. The first-order chi connectivity index (χ1) is 14.6. The quantitative estimate of drug-likeness (QED) is 0.463. The number of aryl methyl sites for hydroxylation is 1. The summed E-state index contributed by atoms with van der Waals surface area (Å²) in [6.07, 6.45) is 1.97. The SMILES string of the molecule is Cc1cc(/C=C(/C#N)c2cccc(Br)c2)c(C)n1-c1ccc(N2CCOCC2)cc1. The third-order valence-corrected chi connectivity index (χ3v) is 6.00. The van der Waals surface area contributed by atoms with Gasteiger partial charge in [0, 0.05) is 40.3 Å². The van der Waals surface area contributed by atoms with Gasteiger partial charge in [0.05, 0.1) is 24.9 Å². The lowest BCUT2D eigenvalue weighted by Crippen LogP contribution is -2.36. The van der Waals surface area contributed by atoms with E-state index in [1.165, 1.54) is 5.69 Å². The fraction of sp³-hybridized carbons (Fsp3) is 0.240. The summed E-state index contributed by atoms with van der Waals surface area (Å²) in [6, 6.07) is 21.0. The van der Waals surface area contributed by atoms with Crippen molar-refractivity contribution in [2.45, 2.75) is 13.8 Å². The monoisotopic (exact) mass is 461 g/mol. The van der Waals surface area contributed by atoms with Crippen LogP contribution in [0.1, 0.15) is 22.5 Å². The average molecular weight is 462 g/mol. The van der Waals surface area contributed by atoms with Crippen molar-refractivity contribution in [2.75, 3.05) is 31.2 Å². The molecular weight excluding hydrogens is 438 g/mol. The molecule has 0 spiro atoms. The van der Waals surface area contributed by atoms with Crippen molar-refractivity contribution in [3.05, 3.63) is 81.6 Å². The van der Waals surface area contributed by atoms with Crippen molar-refractivity contribution >= 4 is 33.3 Å². The molecular formula is C25H24BrN3O. The minimum absolute atomic E-state index is 0.652. The predicted molar refractivity (Wildman–Crippen MR) is 126 cm³/mol. The summed E-state index contributed by atoms with van der Waals surface area (Å²) in [5.41, 5.74) is 7.24. The van der Waals surface area contributed by atoms with Crippen LogP contribution in [0.3, 0.4) is 0 Å². The molecule has 0 aliphatic carbocycles. The van der Waals surface area contributed by atoms with E-state index in [0.29, 0.717) is 5.57 Å². The van der Waals surface area contributed by atoms with Crippen LogP contribution in [0, 0.1) is 25.2 Å². The molecule has 0 saturated carbocycles. The van der Waals surface area contributed by atoms with E-state index in [4.69, 9.17) is 4.74 Å². The number of ether oxygens (including phenoxy) is 1. The molecule has 1 aliphatic rings. The number of nitriles is 1. The molecule has 0 N–H and O–H groups in total. The van der Waals surface area contributed by atoms with Crippen LogP contribution in [0.15, 0.2) is 59.1 Å². The average Bonchev–Trinajstić information content (AvgIpc) is 3.05. The van der Waals surface area contributed by atoms with E-state index >= 15 is 0 Å². The highest BCUT2D eigenvalue weighted by Gasteiger charge is 2.14. The first-order valence-corrected chi connectivity index (χ1v) is 10.9. The van der Waals surface area contributed by atoms with Crippen molar-refractivity contribution in [1.29, 1.82) is 5.26 Å². The van der Waals surface area contributed by atoms with Crippen LogP contribution >= 0.6 is 15.9 Å². The summed E-state index contributed by atoms with van der Waals surface area (Å²) in [5.74, 6) is 0. The lowest BCUT2D eigenvalue weighted by molar-refractivity contribution is 0.122. The highest BCUT2D eigenvalue weighted by molar-refractivity contribution is 9.10. The van der Waals surface area contributed by atoms with E-state index in [1.807, 2.05) is 30.3 Å². The number of nitrogens with zero attached hydrogens (tertiary/aromatic N) is 3. The zero-order valence-corrected chi connectivity index (χ0v) is 18.8. The first-order valence-electron chi connectivity index (χ1n) is 10.1. The molecule has 1 saturated heterocycles. The fourth-order valence-electron chi connectivity index (χ4n) is 3.96. The van der Waals surface area contributed by atoms with Crippen molar-refractivity contribution < 1.29 is 4.74 Å². The number of anilines is 1. The lowest BCUT2D eigenvalue weighted by Gasteiger charge is -2.29. The molecule has 30 heavy (non-hydrogen) atoms. The molecule has 1 aliphatic heterocycles. The summed E-state index contributed by atoms with van der Waals surface area (Å²) in [7, 11) is 0. The molecule has 2 heterocycles. The van der Waals surface area contributed by atoms with Crippen LogP contribution in [0.2, 0.25) is 0 Å². The maximum atomic E-state index is 9.72. The molecule has 5 heteroatoms. The van der Waals surface area contributed by atoms with Gasteiger partial charge in [-0.1, -0.05) is 28.1 Å². The zero-order chi connectivity index (χ0) is 21.1. The molecule has 0 atom stereocenters. The Bertz CT molecular complexity index is 1120. The van der Waals surface area contributed by atoms with Crippen LogP contribution in [0.4, 0.5) is 5.69 Å². The second-order valence-electron chi connectivity index (χ2n) is 7.46. The highest BCUT2D eigenvalue weighted by atomic mass is 79.9. The molecule has 2 aromatic carbocycles. The minimum Gasteiger partial charge on any atom is -0.378 e. The Kier molecular flexibility index (Phi) is 6.08. The van der Waals surface area contributed by atoms with Gasteiger partial charge in [-0.2, -0.15) is 5.26 Å². The Morgan fingerprint density at radius 3 is 2.40 bits per heavy atom. The Hall–Kier alpha value is -2.81. The Labute approximate surface area is 186 Å². The summed E-state index contributed by atoms with van der Waals surface area (Å²) < 4.78 is 8.66. The minimum atomic E-state index is 0.652. The van der Waals surface area contributed by atoms with Gasteiger partial charge in [0.25, 0.3) is 0 Å². The van der Waals surface area contributed by atoms with Gasteiger partial charge >= 0.3 is 0 Å². The second kappa shape index (κ2) is 8.91. The molecule has 0 bridgehead atoms. The largest absolute Gasteiger partial charge is 0.378 e. The van der Waals surface area contributed by atoms with E-state index in [1.54, 1.807) is 0 Å². The van der Waals surface area contributed by atoms with Gasteiger partial charge in [-0.3, -0.25) is 0 Å². The summed E-state index contributed by atoms with van der Waals surface area (Å²) >= 11 is 3.49. The zero-order valence-electron chi connectivity index (χ0n) is 17.2. The number of aromatic nitrogens is 1. The molecule has 0 amide bonds. The second-order valence-corrected chi connectivity index (χ2v) is 8.37. The normalized spacial score (nSPS) is 14.6. The van der Waals surface area contributed by atoms with Gasteiger partial charge in [-0.05, 0) is 73.5 Å². The van der Waals surface area contributed by atoms with E-state index in [9.17, 15) is 5.26 Å². The molecule has 4 nitrogen and oxygen atoms in total.